The van der Waals surface area contributed by atoms with Crippen molar-refractivity contribution in [3.05, 3.63) is 0 Å². The Morgan fingerprint density at radius 3 is 2.53 bits per heavy atom. The molecule has 10 heteroatoms. The predicted molar refractivity (Wildman–Crippen MR) is 144 cm³/mol. The minimum Gasteiger partial charge on any atom is -0.356 e. The summed E-state index contributed by atoms with van der Waals surface area (Å²) >= 11 is 0.944. The zero-order valence-corrected chi connectivity index (χ0v) is 23.7. The minimum atomic E-state index is -0.756. The molecule has 1 aliphatic carbocycles. The fourth-order valence-electron chi connectivity index (χ4n) is 5.69. The Balaban J connectivity index is 1.66. The molecular formula is C26H44N6O3S. The number of rotatable bonds is 8. The van der Waals surface area contributed by atoms with Gasteiger partial charge >= 0.3 is 0 Å². The normalized spacial score (nSPS) is 28.5. The minimum absolute atomic E-state index is 0.0115. The highest BCUT2D eigenvalue weighted by Crippen LogP contribution is 2.65. The third-order valence-corrected chi connectivity index (χ3v) is 9.23. The van der Waals surface area contributed by atoms with Gasteiger partial charge in [-0.2, -0.15) is 16.6 Å². The van der Waals surface area contributed by atoms with Crippen LogP contribution < -0.4 is 21.7 Å². The summed E-state index contributed by atoms with van der Waals surface area (Å²) in [7, 11) is 0. The summed E-state index contributed by atoms with van der Waals surface area (Å²) in [5, 5.41) is 19.2. The van der Waals surface area contributed by atoms with E-state index in [0.717, 1.165) is 17.1 Å². The first kappa shape index (κ1) is 28.6. The van der Waals surface area contributed by atoms with Crippen molar-refractivity contribution in [1.82, 2.24) is 20.9 Å². The van der Waals surface area contributed by atoms with Gasteiger partial charge in [-0.05, 0) is 62.0 Å². The Bertz CT molecular complexity index is 964. The molecule has 9 nitrogen and oxygen atoms in total. The van der Waals surface area contributed by atoms with Crippen LogP contribution in [-0.2, 0) is 14.4 Å². The maximum atomic E-state index is 13.5. The lowest BCUT2D eigenvalue weighted by molar-refractivity contribution is -0.141. The van der Waals surface area contributed by atoms with E-state index in [2.05, 4.69) is 70.5 Å². The average Bonchev–Trinajstić information content (AvgIpc) is 3.09. The van der Waals surface area contributed by atoms with E-state index in [4.69, 9.17) is 5.73 Å². The zero-order valence-electron chi connectivity index (χ0n) is 22.8. The quantitative estimate of drug-likeness (QED) is 0.242. The number of hydrogen-bond acceptors (Lipinski definition) is 4. The van der Waals surface area contributed by atoms with Crippen LogP contribution in [0, 0.1) is 39.9 Å². The van der Waals surface area contributed by atoms with Crippen LogP contribution in [0.2, 0.25) is 0 Å². The largest absolute Gasteiger partial charge is 0.356 e. The number of piperidine rings is 1. The Morgan fingerprint density at radius 1 is 1.31 bits per heavy atom. The van der Waals surface area contributed by atoms with Gasteiger partial charge in [-0.1, -0.05) is 27.7 Å². The van der Waals surface area contributed by atoms with Gasteiger partial charge in [-0.3, -0.25) is 25.4 Å². The van der Waals surface area contributed by atoms with Gasteiger partial charge in [0.15, 0.2) is 0 Å². The van der Waals surface area contributed by atoms with Gasteiger partial charge in [0.2, 0.25) is 17.7 Å². The van der Waals surface area contributed by atoms with Gasteiger partial charge in [-0.15, -0.1) is 0 Å². The standard InChI is InChI=1S/C26H44N6O3S/c1-24(2,3)31-23(28)36-14-25(4,5)11-18(33)32-13-17-19(26(17,6)7)20(32)22(35)30-16(12-27)10-15-8-9-29-21(15)34/h15-17,19-20,31,36H,8-11,13-14,28H2,1-7H3,(H,29,34)(H,30,35)/t15-,16-,17-,19-,20-/m0/s1. The third-order valence-electron chi connectivity index (χ3n) is 7.76. The number of nitrogens with two attached hydrogens (primary N) is 1. The molecular weight excluding hydrogens is 476 g/mol. The van der Waals surface area contributed by atoms with E-state index >= 15 is 0 Å². The van der Waals surface area contributed by atoms with E-state index in [1.807, 2.05) is 0 Å². The van der Waals surface area contributed by atoms with E-state index in [-0.39, 0.29) is 51.8 Å². The second-order valence-electron chi connectivity index (χ2n) is 13.1. The van der Waals surface area contributed by atoms with Gasteiger partial charge in [-0.25, -0.2) is 0 Å². The highest BCUT2D eigenvalue weighted by molar-refractivity contribution is 7.98. The molecule has 0 aromatic rings. The Morgan fingerprint density at radius 2 is 1.97 bits per heavy atom. The number of carbonyl (C=O) groups excluding carboxylic acids is 3. The molecule has 0 unspecified atom stereocenters. The highest BCUT2D eigenvalue weighted by Gasteiger charge is 2.69. The summed E-state index contributed by atoms with van der Waals surface area (Å²) in [6, 6.07) is 0.801. The molecule has 2 heterocycles. The van der Waals surface area contributed by atoms with Gasteiger partial charge in [0, 0.05) is 31.0 Å². The fourth-order valence-corrected chi connectivity index (χ4v) is 6.81. The number of amides is 3. The number of carbonyl (C=O) groups is 3. The topological polar surface area (TPSA) is 140 Å². The van der Waals surface area contributed by atoms with Crippen LogP contribution in [0.5, 0.6) is 0 Å². The first-order chi connectivity index (χ1) is 16.6. The van der Waals surface area contributed by atoms with Crippen LogP contribution >= 0.6 is 11.4 Å². The van der Waals surface area contributed by atoms with Crippen molar-refractivity contribution in [3.8, 4) is 6.07 Å². The zero-order chi connectivity index (χ0) is 27.1. The van der Waals surface area contributed by atoms with Gasteiger partial charge in [0.25, 0.3) is 0 Å². The predicted octanol–water partition coefficient (Wildman–Crippen LogP) is 1.32. The lowest BCUT2D eigenvalue weighted by Crippen LogP contribution is -2.52. The SMILES string of the molecule is CC(C)(C/[SH]=C(\N)NC(C)(C)C)CC(=O)N1C[C@H]2[C@@H]([C@H]1C(=O)N[C@H](C#N)C[C@@H]1CCNC1=O)C2(C)C. The van der Waals surface area contributed by atoms with Crippen molar-refractivity contribution in [3.63, 3.8) is 0 Å². The van der Waals surface area contributed by atoms with Crippen LogP contribution in [0.3, 0.4) is 0 Å². The van der Waals surface area contributed by atoms with Crippen LogP contribution in [-0.4, -0.2) is 64.2 Å². The van der Waals surface area contributed by atoms with Gasteiger partial charge in [0.05, 0.1) is 11.2 Å². The maximum Gasteiger partial charge on any atom is 0.244 e. The molecule has 5 N–H and O–H groups in total. The lowest BCUT2D eigenvalue weighted by atomic mass is 9.90. The Kier molecular flexibility index (Phi) is 8.28. The first-order valence-corrected chi connectivity index (χ1v) is 14.0. The number of nitriles is 1. The average molecular weight is 521 g/mol. The van der Waals surface area contributed by atoms with Gasteiger partial charge < -0.3 is 15.5 Å². The Hall–Kier alpha value is -1.96. The summed E-state index contributed by atoms with van der Waals surface area (Å²) < 4.78 is 0. The molecule has 2 saturated heterocycles. The van der Waals surface area contributed by atoms with Crippen LogP contribution in [0.25, 0.3) is 0 Å². The van der Waals surface area contributed by atoms with Crippen molar-refractivity contribution >= 4 is 34.2 Å². The van der Waals surface area contributed by atoms with Crippen LogP contribution in [0.15, 0.2) is 0 Å². The molecule has 3 amide bonds. The summed E-state index contributed by atoms with van der Waals surface area (Å²) in [6.45, 7) is 15.7. The molecule has 3 fully saturated rings. The molecule has 36 heavy (non-hydrogen) atoms. The van der Waals surface area contributed by atoms with Crippen molar-refractivity contribution < 1.29 is 14.4 Å². The van der Waals surface area contributed by atoms with Crippen molar-refractivity contribution in [2.24, 2.45) is 34.3 Å². The molecule has 0 aromatic heterocycles. The number of thiol groups is 1. The molecule has 3 rings (SSSR count). The molecule has 3 aliphatic rings. The number of fused-ring (bicyclic) bond motifs is 1. The fraction of sp³-hybridized carbons (Fsp3) is 0.808. The maximum absolute atomic E-state index is 13.5. The van der Waals surface area contributed by atoms with Crippen molar-refractivity contribution in [2.45, 2.75) is 85.4 Å². The van der Waals surface area contributed by atoms with E-state index < -0.39 is 12.1 Å². The number of hydrogen-bond donors (Lipinski definition) is 5. The van der Waals surface area contributed by atoms with Gasteiger partial charge in [0.1, 0.15) is 12.1 Å². The summed E-state index contributed by atoms with van der Waals surface area (Å²) in [5.41, 5.74) is 5.73. The summed E-state index contributed by atoms with van der Waals surface area (Å²) in [5.74, 6) is 0.424. The molecule has 0 bridgehead atoms. The first-order valence-electron chi connectivity index (χ1n) is 12.9. The molecule has 0 aromatic carbocycles. The molecule has 5 atom stereocenters. The lowest BCUT2D eigenvalue weighted by Gasteiger charge is -2.33. The summed E-state index contributed by atoms with van der Waals surface area (Å²) in [6.07, 6.45) is 1.27. The summed E-state index contributed by atoms with van der Waals surface area (Å²) in [4.78, 5) is 40.6. The molecule has 1 saturated carbocycles. The smallest absolute Gasteiger partial charge is 0.244 e. The van der Waals surface area contributed by atoms with Crippen LogP contribution in [0.1, 0.15) is 67.7 Å². The Labute approximate surface area is 219 Å². The number of nitrogens with one attached hydrogen (secondary N) is 3. The third kappa shape index (κ3) is 6.67. The van der Waals surface area contributed by atoms with Crippen LogP contribution in [0.4, 0.5) is 0 Å². The van der Waals surface area contributed by atoms with Crippen molar-refractivity contribution in [2.75, 3.05) is 18.8 Å². The van der Waals surface area contributed by atoms with Crippen molar-refractivity contribution in [1.29, 1.82) is 5.26 Å². The molecule has 202 valence electrons. The molecule has 2 aliphatic heterocycles. The molecule has 0 spiro atoms. The monoisotopic (exact) mass is 520 g/mol. The second kappa shape index (κ2) is 10.4. The highest BCUT2D eigenvalue weighted by atomic mass is 32.1. The molecule has 0 radical (unpaired) electrons. The number of nitrogens with zero attached hydrogens (tertiary/aromatic N) is 2. The number of likely N-dealkylation sites (tertiary alicyclic amines) is 1. The van der Waals surface area contributed by atoms with E-state index in [9.17, 15) is 19.6 Å². The van der Waals surface area contributed by atoms with E-state index in [1.54, 1.807) is 4.90 Å². The van der Waals surface area contributed by atoms with E-state index in [0.29, 0.717) is 37.5 Å². The van der Waals surface area contributed by atoms with E-state index in [1.165, 1.54) is 0 Å². The second-order valence-corrected chi connectivity index (χ2v) is 14.2.